The zero-order valence-corrected chi connectivity index (χ0v) is 26.4. The fourth-order valence-corrected chi connectivity index (χ4v) is 6.44. The van der Waals surface area contributed by atoms with Crippen molar-refractivity contribution in [3.05, 3.63) is 45.3 Å². The Hall–Kier alpha value is -4.77. The Bertz CT molecular complexity index is 1860. The number of thiocarbonyl (C=S) groups is 1. The molecule has 1 aromatic carbocycles. The number of H-pyrrole nitrogens is 1. The molecule has 2 aromatic rings. The van der Waals surface area contributed by atoms with Crippen molar-refractivity contribution in [2.45, 2.75) is 46.1 Å². The summed E-state index contributed by atoms with van der Waals surface area (Å²) in [5.74, 6) is -2.95. The van der Waals surface area contributed by atoms with Gasteiger partial charge in [-0.05, 0) is 24.3 Å². The van der Waals surface area contributed by atoms with Gasteiger partial charge >= 0.3 is 17.9 Å². The first-order valence-corrected chi connectivity index (χ1v) is 15.4. The molecule has 1 saturated heterocycles. The predicted molar refractivity (Wildman–Crippen MR) is 168 cm³/mol. The number of amides is 1. The van der Waals surface area contributed by atoms with Crippen LogP contribution in [0, 0.1) is 5.92 Å². The number of benzene rings is 1. The highest BCUT2D eigenvalue weighted by atomic mass is 32.2. The number of carboxylic acids is 3. The van der Waals surface area contributed by atoms with Crippen molar-refractivity contribution in [2.24, 2.45) is 5.92 Å². The lowest BCUT2D eigenvalue weighted by Crippen LogP contribution is -2.37. The lowest BCUT2D eigenvalue weighted by atomic mass is 10.0. The van der Waals surface area contributed by atoms with Crippen molar-refractivity contribution >= 4 is 68.3 Å². The molecule has 4 heterocycles. The van der Waals surface area contributed by atoms with Crippen molar-refractivity contribution in [1.29, 1.82) is 0 Å². The van der Waals surface area contributed by atoms with E-state index in [2.05, 4.69) is 18.8 Å². The highest BCUT2D eigenvalue weighted by Gasteiger charge is 2.36. The number of fused-ring (bicyclic) bond motifs is 2. The van der Waals surface area contributed by atoms with Crippen LogP contribution in [0.1, 0.15) is 39.5 Å². The summed E-state index contributed by atoms with van der Waals surface area (Å²) in [6.07, 6.45) is 4.14. The Balaban J connectivity index is 1.70. The molecule has 1 aromatic heterocycles. The smallest absolute Gasteiger partial charge is 0.323 e. The molecule has 0 unspecified atom stereocenters. The van der Waals surface area contributed by atoms with Crippen LogP contribution in [0.4, 0.5) is 5.69 Å². The maximum absolute atomic E-state index is 13.9. The molecule has 244 valence electrons. The Labute approximate surface area is 270 Å². The molecule has 46 heavy (non-hydrogen) atoms. The van der Waals surface area contributed by atoms with E-state index in [0.717, 1.165) is 34.1 Å². The van der Waals surface area contributed by atoms with E-state index in [9.17, 15) is 39.3 Å². The van der Waals surface area contributed by atoms with Crippen LogP contribution in [0.15, 0.2) is 28.9 Å². The third-order valence-corrected chi connectivity index (χ3v) is 8.68. The second-order valence-corrected chi connectivity index (χ2v) is 12.7. The second-order valence-electron chi connectivity index (χ2n) is 11.0. The van der Waals surface area contributed by atoms with Gasteiger partial charge in [0, 0.05) is 18.2 Å². The van der Waals surface area contributed by atoms with Crippen molar-refractivity contribution in [3.63, 3.8) is 0 Å². The number of aromatic nitrogens is 2. The van der Waals surface area contributed by atoms with Gasteiger partial charge in [0.2, 0.25) is 12.7 Å². The highest BCUT2D eigenvalue weighted by molar-refractivity contribution is 8.30. The molecular weight excluding hydrogens is 644 g/mol. The minimum atomic E-state index is -1.36. The first-order valence-electron chi connectivity index (χ1n) is 14.2. The van der Waals surface area contributed by atoms with E-state index in [1.165, 1.54) is 11.0 Å². The fourth-order valence-electron chi connectivity index (χ4n) is 5.16. The molecule has 5 rings (SSSR count). The molecule has 17 heteroatoms. The second kappa shape index (κ2) is 13.3. The van der Waals surface area contributed by atoms with E-state index in [0.29, 0.717) is 47.3 Å². The summed E-state index contributed by atoms with van der Waals surface area (Å²) >= 11 is 5.95. The van der Waals surface area contributed by atoms with Crippen molar-refractivity contribution in [2.75, 3.05) is 24.8 Å². The normalized spacial score (nSPS) is 18.0. The first kappa shape index (κ1) is 32.6. The summed E-state index contributed by atoms with van der Waals surface area (Å²) in [7, 11) is 0. The van der Waals surface area contributed by atoms with Crippen LogP contribution in [-0.2, 0) is 25.7 Å². The lowest BCUT2D eigenvalue weighted by molar-refractivity contribution is -0.140. The van der Waals surface area contributed by atoms with Gasteiger partial charge in [-0.1, -0.05) is 50.7 Å². The SMILES string of the molecule is CC(C)CCCCC(/C=C1\Oc2cc3c(cc2N1CC(=O)O)OCO3)=c1\[nH]/c(=C2\SC(=S)N(CC(=O)O)C2=O)n(CC(=O)O)c1=O. The van der Waals surface area contributed by atoms with E-state index in [1.54, 1.807) is 12.1 Å². The van der Waals surface area contributed by atoms with E-state index in [1.807, 2.05) is 0 Å². The van der Waals surface area contributed by atoms with Crippen molar-refractivity contribution in [3.8, 4) is 17.2 Å². The summed E-state index contributed by atoms with van der Waals surface area (Å²) in [6, 6.07) is 3.18. The molecule has 15 nitrogen and oxygen atoms in total. The average Bonchev–Trinajstić information content (AvgIpc) is 3.71. The Morgan fingerprint density at radius 3 is 2.28 bits per heavy atom. The molecule has 3 aliphatic rings. The van der Waals surface area contributed by atoms with Crippen LogP contribution in [0.2, 0.25) is 0 Å². The number of anilines is 1. The number of aliphatic carboxylic acids is 3. The summed E-state index contributed by atoms with van der Waals surface area (Å²) in [4.78, 5) is 67.1. The summed E-state index contributed by atoms with van der Waals surface area (Å²) in [6.45, 7) is 2.17. The van der Waals surface area contributed by atoms with Gasteiger partial charge in [0.25, 0.3) is 11.5 Å². The zero-order valence-electron chi connectivity index (χ0n) is 24.7. The number of ether oxygens (including phenoxy) is 3. The number of hydrogen-bond donors (Lipinski definition) is 4. The summed E-state index contributed by atoms with van der Waals surface area (Å²) in [5.41, 5.74) is -0.117. The molecule has 4 N–H and O–H groups in total. The molecule has 0 radical (unpaired) electrons. The van der Waals surface area contributed by atoms with E-state index < -0.39 is 49.0 Å². The minimum Gasteiger partial charge on any atom is -0.480 e. The Kier molecular flexibility index (Phi) is 9.43. The van der Waals surface area contributed by atoms with Crippen LogP contribution < -0.4 is 35.5 Å². The number of unbranched alkanes of at least 4 members (excludes halogenated alkanes) is 1. The van der Waals surface area contributed by atoms with Gasteiger partial charge in [0.1, 0.15) is 39.7 Å². The summed E-state index contributed by atoms with van der Waals surface area (Å²) in [5, 5.41) is 28.5. The van der Waals surface area contributed by atoms with E-state index >= 15 is 0 Å². The number of nitrogens with one attached hydrogen (secondary N) is 1. The number of rotatable bonds is 12. The quantitative estimate of drug-likeness (QED) is 0.185. The van der Waals surface area contributed by atoms with Crippen molar-refractivity contribution in [1.82, 2.24) is 14.5 Å². The molecular formula is C29H30N4O11S2. The van der Waals surface area contributed by atoms with Gasteiger partial charge in [-0.15, -0.1) is 0 Å². The number of thioether (sulfide) groups is 1. The van der Waals surface area contributed by atoms with Gasteiger partial charge in [0.15, 0.2) is 17.2 Å². The van der Waals surface area contributed by atoms with Gasteiger partial charge in [-0.25, -0.2) is 0 Å². The largest absolute Gasteiger partial charge is 0.480 e. The third kappa shape index (κ3) is 6.74. The summed E-state index contributed by atoms with van der Waals surface area (Å²) < 4.78 is 17.8. The van der Waals surface area contributed by atoms with E-state index in [-0.39, 0.29) is 32.7 Å². The van der Waals surface area contributed by atoms with Gasteiger partial charge in [-0.2, -0.15) is 0 Å². The Morgan fingerprint density at radius 1 is 0.978 bits per heavy atom. The average molecular weight is 675 g/mol. The first-order chi connectivity index (χ1) is 21.8. The number of hydrogen-bond acceptors (Lipinski definition) is 11. The monoisotopic (exact) mass is 674 g/mol. The van der Waals surface area contributed by atoms with Crippen LogP contribution in [0.5, 0.6) is 17.2 Å². The van der Waals surface area contributed by atoms with E-state index in [4.69, 9.17) is 26.4 Å². The highest BCUT2D eigenvalue weighted by Crippen LogP contribution is 2.47. The number of carboxylic acid groups (broad SMARTS) is 3. The molecule has 1 amide bonds. The van der Waals surface area contributed by atoms with Gasteiger partial charge in [0.05, 0.1) is 5.69 Å². The number of nitrogens with zero attached hydrogens (tertiary/aromatic N) is 3. The minimum absolute atomic E-state index is 0.00448. The van der Waals surface area contributed by atoms with Crippen LogP contribution in [-0.4, -0.2) is 77.8 Å². The maximum atomic E-state index is 13.9. The van der Waals surface area contributed by atoms with Crippen LogP contribution >= 0.6 is 24.0 Å². The number of allylic oxidation sites excluding steroid dienone is 1. The van der Waals surface area contributed by atoms with Crippen molar-refractivity contribution < 1.29 is 48.7 Å². The Morgan fingerprint density at radius 2 is 1.63 bits per heavy atom. The fraction of sp³-hybridized carbons (Fsp3) is 0.379. The van der Waals surface area contributed by atoms with Crippen LogP contribution in [0.25, 0.3) is 10.5 Å². The number of aromatic amines is 1. The molecule has 0 spiro atoms. The van der Waals surface area contributed by atoms with Crippen LogP contribution in [0.3, 0.4) is 0 Å². The topological polar surface area (TPSA) is 201 Å². The number of carbonyl (C=O) groups excluding carboxylic acids is 1. The lowest BCUT2D eigenvalue weighted by Gasteiger charge is -2.16. The maximum Gasteiger partial charge on any atom is 0.323 e. The molecule has 0 aliphatic carbocycles. The predicted octanol–water partition coefficient (Wildman–Crippen LogP) is 1.23. The zero-order chi connectivity index (χ0) is 33.3. The molecule has 0 atom stereocenters. The van der Waals surface area contributed by atoms with Gasteiger partial charge < -0.3 is 34.5 Å². The molecule has 0 bridgehead atoms. The number of carbonyl (C=O) groups is 4. The third-order valence-electron chi connectivity index (χ3n) is 7.24. The number of imidazole rings is 1. The standard InChI is InChI=1S/C29H30N4O11S2/c1-14(2)5-3-4-6-15(7-20-31(10-21(34)35)16-8-18-19(43-13-42-18)9-17(16)44-20)24-27(40)32(11-22(36)37)26(30-24)25-28(41)33(12-23(38)39)29(45)46-25/h7-9,14,30H,3-6,10-13H2,1-2H3,(H,34,35)(H,36,37)(H,38,39)/b20-7-,24-15+,26-25+. The molecule has 3 aliphatic heterocycles. The molecule has 1 fully saturated rings. The molecule has 0 saturated carbocycles. The van der Waals surface area contributed by atoms with Gasteiger partial charge in [-0.3, -0.25) is 38.3 Å².